The second-order valence-corrected chi connectivity index (χ2v) is 10.2. The van der Waals surface area contributed by atoms with E-state index in [1.807, 2.05) is 0 Å². The van der Waals surface area contributed by atoms with Gasteiger partial charge in [-0.15, -0.1) is 10.2 Å². The highest BCUT2D eigenvalue weighted by Crippen LogP contribution is 2.32. The average Bonchev–Trinajstić information content (AvgIpc) is 3.22. The number of nitrogens with one attached hydrogen (secondary N) is 1. The third kappa shape index (κ3) is 5.07. The molecule has 1 N–H and O–H groups in total. The number of hydrogen-bond acceptors (Lipinski definition) is 8. The average molecular weight is 492 g/mol. The van der Waals surface area contributed by atoms with Gasteiger partial charge in [-0.2, -0.15) is 4.31 Å². The maximum Gasteiger partial charge on any atom is 0.244 e. The van der Waals surface area contributed by atoms with Gasteiger partial charge < -0.3 is 14.8 Å². The Balaban J connectivity index is 1.39. The lowest BCUT2D eigenvalue weighted by Crippen LogP contribution is -2.30. The van der Waals surface area contributed by atoms with E-state index in [2.05, 4.69) is 15.5 Å². The lowest BCUT2D eigenvalue weighted by Gasteiger charge is -2.19. The lowest BCUT2D eigenvalue weighted by molar-refractivity contribution is -0.115. The number of carbonyl (C=O) groups is 1. The van der Waals surface area contributed by atoms with Crippen molar-refractivity contribution in [2.24, 2.45) is 0 Å². The number of hydrogen-bond donors (Lipinski definition) is 1. The Bertz CT molecular complexity index is 1260. The standard InChI is InChI=1S/C21H25N5O5S2/c1-3-25(4-2)33(28,29)16-6-8-19-23-24-21(26(19)14-16)32-12-9-20(27)22-15-5-7-17-18(13-15)31-11-10-30-17/h5-8,13-14H,3-4,9-12H2,1-2H3,(H,22,27). The number of sulfonamides is 1. The first-order valence-electron chi connectivity index (χ1n) is 10.6. The van der Waals surface area contributed by atoms with Crippen LogP contribution in [-0.4, -0.2) is 65.3 Å². The number of amides is 1. The summed E-state index contributed by atoms with van der Waals surface area (Å²) >= 11 is 1.33. The molecule has 0 saturated heterocycles. The molecule has 3 heterocycles. The van der Waals surface area contributed by atoms with Crippen LogP contribution >= 0.6 is 11.8 Å². The van der Waals surface area contributed by atoms with Gasteiger partial charge in [-0.1, -0.05) is 25.6 Å². The molecule has 12 heteroatoms. The topological polar surface area (TPSA) is 115 Å². The van der Waals surface area contributed by atoms with Crippen molar-refractivity contribution < 1.29 is 22.7 Å². The first kappa shape index (κ1) is 23.3. The minimum atomic E-state index is -3.60. The van der Waals surface area contributed by atoms with E-state index in [-0.39, 0.29) is 17.2 Å². The molecule has 0 bridgehead atoms. The van der Waals surface area contributed by atoms with Gasteiger partial charge in [0, 0.05) is 43.2 Å². The van der Waals surface area contributed by atoms with Crippen molar-refractivity contribution in [1.82, 2.24) is 18.9 Å². The number of thioether (sulfide) groups is 1. The van der Waals surface area contributed by atoms with Gasteiger partial charge in [0.15, 0.2) is 22.3 Å². The number of aromatic nitrogens is 3. The van der Waals surface area contributed by atoms with Gasteiger partial charge in [0.2, 0.25) is 15.9 Å². The number of nitrogens with zero attached hydrogens (tertiary/aromatic N) is 4. The summed E-state index contributed by atoms with van der Waals surface area (Å²) < 4.78 is 39.7. The van der Waals surface area contributed by atoms with E-state index in [0.717, 1.165) is 0 Å². The van der Waals surface area contributed by atoms with Gasteiger partial charge in [0.05, 0.1) is 4.90 Å². The van der Waals surface area contributed by atoms with Crippen molar-refractivity contribution in [2.45, 2.75) is 30.3 Å². The van der Waals surface area contributed by atoms with Crippen molar-refractivity contribution >= 4 is 39.0 Å². The second-order valence-electron chi connectivity index (χ2n) is 7.17. The molecule has 4 rings (SSSR count). The summed E-state index contributed by atoms with van der Waals surface area (Å²) in [5, 5.41) is 11.6. The molecule has 0 saturated carbocycles. The summed E-state index contributed by atoms with van der Waals surface area (Å²) in [5.74, 6) is 1.57. The molecule has 1 aromatic carbocycles. The summed E-state index contributed by atoms with van der Waals surface area (Å²) in [7, 11) is -3.60. The van der Waals surface area contributed by atoms with E-state index in [9.17, 15) is 13.2 Å². The molecule has 1 aliphatic rings. The predicted molar refractivity (Wildman–Crippen MR) is 124 cm³/mol. The Kier molecular flexibility index (Phi) is 7.05. The molecular weight excluding hydrogens is 466 g/mol. The van der Waals surface area contributed by atoms with Crippen LogP contribution in [0.4, 0.5) is 5.69 Å². The Morgan fingerprint density at radius 1 is 1.12 bits per heavy atom. The maximum atomic E-state index is 12.8. The monoisotopic (exact) mass is 491 g/mol. The highest BCUT2D eigenvalue weighted by Gasteiger charge is 2.23. The van der Waals surface area contributed by atoms with Crippen LogP contribution in [0.1, 0.15) is 20.3 Å². The molecule has 0 radical (unpaired) electrons. The number of carbonyl (C=O) groups excluding carboxylic acids is 1. The third-order valence-corrected chi connectivity index (χ3v) is 8.05. The van der Waals surface area contributed by atoms with Crippen molar-refractivity contribution in [2.75, 3.05) is 37.4 Å². The molecule has 3 aromatic rings. The zero-order chi connectivity index (χ0) is 23.4. The van der Waals surface area contributed by atoms with E-state index >= 15 is 0 Å². The van der Waals surface area contributed by atoms with Crippen LogP contribution in [0.3, 0.4) is 0 Å². The molecule has 0 atom stereocenters. The predicted octanol–water partition coefficient (Wildman–Crippen LogP) is 2.65. The first-order chi connectivity index (χ1) is 15.9. The van der Waals surface area contributed by atoms with E-state index < -0.39 is 10.0 Å². The number of rotatable bonds is 9. The van der Waals surface area contributed by atoms with Crippen LogP contribution in [0.5, 0.6) is 11.5 Å². The SMILES string of the molecule is CCN(CC)S(=O)(=O)c1ccc2nnc(SCCC(=O)Nc3ccc4c(c3)OCCO4)n2c1. The molecule has 33 heavy (non-hydrogen) atoms. The van der Waals surface area contributed by atoms with Gasteiger partial charge in [-0.05, 0) is 24.3 Å². The Morgan fingerprint density at radius 2 is 1.88 bits per heavy atom. The molecule has 2 aromatic heterocycles. The van der Waals surface area contributed by atoms with Gasteiger partial charge in [-0.25, -0.2) is 8.42 Å². The van der Waals surface area contributed by atoms with E-state index in [0.29, 0.717) is 60.0 Å². The van der Waals surface area contributed by atoms with Crippen molar-refractivity contribution in [3.05, 3.63) is 36.5 Å². The molecule has 0 spiro atoms. The van der Waals surface area contributed by atoms with Crippen LogP contribution in [0.2, 0.25) is 0 Å². The van der Waals surface area contributed by atoms with Crippen molar-refractivity contribution in [1.29, 1.82) is 0 Å². The summed E-state index contributed by atoms with van der Waals surface area (Å²) in [6.07, 6.45) is 1.77. The first-order valence-corrected chi connectivity index (χ1v) is 13.0. The number of pyridine rings is 1. The highest BCUT2D eigenvalue weighted by molar-refractivity contribution is 7.99. The van der Waals surface area contributed by atoms with Gasteiger partial charge in [-0.3, -0.25) is 9.20 Å². The quantitative estimate of drug-likeness (QED) is 0.454. The number of anilines is 1. The van der Waals surface area contributed by atoms with Crippen LogP contribution in [-0.2, 0) is 14.8 Å². The Labute approximate surface area is 196 Å². The van der Waals surface area contributed by atoms with E-state index in [1.54, 1.807) is 42.5 Å². The fourth-order valence-electron chi connectivity index (χ4n) is 3.39. The number of ether oxygens (including phenoxy) is 2. The molecular formula is C21H25N5O5S2. The van der Waals surface area contributed by atoms with Crippen LogP contribution in [0.25, 0.3) is 5.65 Å². The lowest BCUT2D eigenvalue weighted by atomic mass is 10.2. The zero-order valence-corrected chi connectivity index (χ0v) is 20.0. The van der Waals surface area contributed by atoms with E-state index in [1.165, 1.54) is 28.3 Å². The molecule has 10 nitrogen and oxygen atoms in total. The minimum absolute atomic E-state index is 0.155. The normalized spacial score (nSPS) is 13.4. The largest absolute Gasteiger partial charge is 0.486 e. The minimum Gasteiger partial charge on any atom is -0.486 e. The Hall–Kier alpha value is -2.83. The second kappa shape index (κ2) is 9.98. The number of fused-ring (bicyclic) bond motifs is 2. The van der Waals surface area contributed by atoms with Crippen LogP contribution < -0.4 is 14.8 Å². The summed E-state index contributed by atoms with van der Waals surface area (Å²) in [6.45, 7) is 5.37. The fourth-order valence-corrected chi connectivity index (χ4v) is 5.70. The maximum absolute atomic E-state index is 12.8. The van der Waals surface area contributed by atoms with Crippen molar-refractivity contribution in [3.63, 3.8) is 0 Å². The molecule has 0 unspecified atom stereocenters. The Morgan fingerprint density at radius 3 is 2.64 bits per heavy atom. The molecule has 0 aliphatic carbocycles. The smallest absolute Gasteiger partial charge is 0.244 e. The van der Waals surface area contributed by atoms with Gasteiger partial charge in [0.25, 0.3) is 0 Å². The molecule has 1 amide bonds. The highest BCUT2D eigenvalue weighted by atomic mass is 32.2. The number of benzene rings is 1. The van der Waals surface area contributed by atoms with Crippen LogP contribution in [0.15, 0.2) is 46.6 Å². The van der Waals surface area contributed by atoms with Gasteiger partial charge >= 0.3 is 0 Å². The zero-order valence-electron chi connectivity index (χ0n) is 18.4. The summed E-state index contributed by atoms with van der Waals surface area (Å²) in [6, 6.07) is 8.44. The summed E-state index contributed by atoms with van der Waals surface area (Å²) in [4.78, 5) is 12.6. The van der Waals surface area contributed by atoms with Crippen molar-refractivity contribution in [3.8, 4) is 11.5 Å². The molecule has 1 aliphatic heterocycles. The molecule has 0 fully saturated rings. The molecule has 176 valence electrons. The third-order valence-electron chi connectivity index (χ3n) is 5.07. The van der Waals surface area contributed by atoms with Crippen LogP contribution in [0, 0.1) is 0 Å². The van der Waals surface area contributed by atoms with Gasteiger partial charge in [0.1, 0.15) is 13.2 Å². The fraction of sp³-hybridized carbons (Fsp3) is 0.381. The van der Waals surface area contributed by atoms with E-state index in [4.69, 9.17) is 9.47 Å². The summed E-state index contributed by atoms with van der Waals surface area (Å²) in [5.41, 5.74) is 1.17.